The molecule has 3 N–H and O–H groups in total. The Morgan fingerprint density at radius 2 is 2.05 bits per heavy atom. The molecule has 1 saturated carbocycles. The number of carboxylic acid groups (broad SMARTS) is 1. The Morgan fingerprint density at radius 1 is 1.35 bits per heavy atom. The molecule has 112 valence electrons. The van der Waals surface area contributed by atoms with Crippen LogP contribution < -0.4 is 10.6 Å². The highest BCUT2D eigenvalue weighted by atomic mass is 32.2. The van der Waals surface area contributed by atoms with Crippen molar-refractivity contribution in [2.45, 2.75) is 44.6 Å². The predicted octanol–water partition coefficient (Wildman–Crippen LogP) is 1.35. The van der Waals surface area contributed by atoms with E-state index in [4.69, 9.17) is 5.11 Å². The second-order valence-corrected chi connectivity index (χ2v) is 6.64. The van der Waals surface area contributed by atoms with E-state index in [1.54, 1.807) is 0 Å². The van der Waals surface area contributed by atoms with Gasteiger partial charge in [0.2, 0.25) is 5.91 Å². The molecule has 1 aliphatic heterocycles. The molecule has 7 heteroatoms. The number of amides is 2. The van der Waals surface area contributed by atoms with Crippen molar-refractivity contribution < 1.29 is 19.5 Å². The van der Waals surface area contributed by atoms with Crippen molar-refractivity contribution in [2.24, 2.45) is 5.41 Å². The fourth-order valence-corrected chi connectivity index (χ4v) is 3.74. The smallest absolute Gasteiger partial charge is 0.303 e. The maximum Gasteiger partial charge on any atom is 0.303 e. The van der Waals surface area contributed by atoms with Gasteiger partial charge in [-0.2, -0.15) is 0 Å². The number of rotatable bonds is 5. The topological polar surface area (TPSA) is 95.5 Å². The maximum absolute atomic E-state index is 12.0. The Bertz CT molecular complexity index is 407. The minimum atomic E-state index is -0.814. The molecule has 0 bridgehead atoms. The largest absolute Gasteiger partial charge is 0.481 e. The molecule has 1 aliphatic carbocycles. The normalized spacial score (nSPS) is 25.0. The third-order valence-corrected chi connectivity index (χ3v) is 4.95. The van der Waals surface area contributed by atoms with Gasteiger partial charge in [0, 0.05) is 12.3 Å². The average molecular weight is 300 g/mol. The summed E-state index contributed by atoms with van der Waals surface area (Å²) < 4.78 is 0. The van der Waals surface area contributed by atoms with Crippen LogP contribution in [0.1, 0.15) is 38.5 Å². The van der Waals surface area contributed by atoms with Crippen LogP contribution in [0.5, 0.6) is 0 Å². The highest BCUT2D eigenvalue weighted by Gasteiger charge is 2.36. The lowest BCUT2D eigenvalue weighted by atomic mass is 9.71. The molecule has 20 heavy (non-hydrogen) atoms. The van der Waals surface area contributed by atoms with Gasteiger partial charge in [0.05, 0.1) is 6.42 Å². The standard InChI is InChI=1S/C13H20N2O4S/c16-10(17)6-13(4-2-1-3-5-13)8-14-11(18)9-7-20-12(19)15-9/h9H,1-8H2,(H,14,18)(H,15,19)(H,16,17). The van der Waals surface area contributed by atoms with Gasteiger partial charge in [-0.1, -0.05) is 31.0 Å². The minimum Gasteiger partial charge on any atom is -0.481 e. The molecule has 2 aliphatic rings. The van der Waals surface area contributed by atoms with Crippen molar-refractivity contribution in [1.29, 1.82) is 0 Å². The molecule has 6 nitrogen and oxygen atoms in total. The molecule has 2 fully saturated rings. The van der Waals surface area contributed by atoms with Crippen LogP contribution in [0.15, 0.2) is 0 Å². The van der Waals surface area contributed by atoms with Gasteiger partial charge in [-0.3, -0.25) is 14.4 Å². The second kappa shape index (κ2) is 6.47. The lowest BCUT2D eigenvalue weighted by Gasteiger charge is -2.36. The fraction of sp³-hybridized carbons (Fsp3) is 0.769. The van der Waals surface area contributed by atoms with E-state index < -0.39 is 12.0 Å². The Labute approximate surface area is 122 Å². The molecule has 2 rings (SSSR count). The number of carboxylic acids is 1. The van der Waals surface area contributed by atoms with E-state index in [0.717, 1.165) is 43.9 Å². The quantitative estimate of drug-likeness (QED) is 0.712. The van der Waals surface area contributed by atoms with Gasteiger partial charge >= 0.3 is 5.97 Å². The van der Waals surface area contributed by atoms with E-state index >= 15 is 0 Å². The van der Waals surface area contributed by atoms with Crippen LogP contribution in [0.4, 0.5) is 4.79 Å². The fourth-order valence-electron chi connectivity index (χ4n) is 2.96. The first-order valence-corrected chi connectivity index (χ1v) is 7.92. The summed E-state index contributed by atoms with van der Waals surface area (Å²) in [5.74, 6) is -0.582. The average Bonchev–Trinajstić information content (AvgIpc) is 2.83. The van der Waals surface area contributed by atoms with Crippen LogP contribution in [0, 0.1) is 5.41 Å². The number of carbonyl (C=O) groups is 3. The molecule has 0 aromatic heterocycles. The first-order valence-electron chi connectivity index (χ1n) is 6.94. The molecule has 1 unspecified atom stereocenters. The molecule has 0 spiro atoms. The number of aliphatic carboxylic acids is 1. The summed E-state index contributed by atoms with van der Waals surface area (Å²) in [5, 5.41) is 14.3. The minimum absolute atomic E-state index is 0.0963. The van der Waals surface area contributed by atoms with E-state index in [1.165, 1.54) is 0 Å². The monoisotopic (exact) mass is 300 g/mol. The van der Waals surface area contributed by atoms with Crippen LogP contribution in [-0.2, 0) is 9.59 Å². The number of carbonyl (C=O) groups excluding carboxylic acids is 2. The van der Waals surface area contributed by atoms with Crippen LogP contribution >= 0.6 is 11.8 Å². The third-order valence-electron chi connectivity index (χ3n) is 4.07. The zero-order valence-electron chi connectivity index (χ0n) is 11.3. The van der Waals surface area contributed by atoms with Crippen LogP contribution in [0.2, 0.25) is 0 Å². The third kappa shape index (κ3) is 3.88. The van der Waals surface area contributed by atoms with Crippen LogP contribution in [-0.4, -0.2) is 40.6 Å². The van der Waals surface area contributed by atoms with Crippen molar-refractivity contribution in [1.82, 2.24) is 10.6 Å². The van der Waals surface area contributed by atoms with Crippen molar-refractivity contribution in [3.05, 3.63) is 0 Å². The molecular weight excluding hydrogens is 280 g/mol. The van der Waals surface area contributed by atoms with E-state index in [9.17, 15) is 14.4 Å². The Kier molecular flexibility index (Phi) is 4.91. The lowest BCUT2D eigenvalue weighted by molar-refractivity contribution is -0.140. The molecule has 0 aromatic carbocycles. The van der Waals surface area contributed by atoms with E-state index in [1.807, 2.05) is 0 Å². The molecule has 2 amide bonds. The van der Waals surface area contributed by atoms with Gasteiger partial charge in [0.25, 0.3) is 5.24 Å². The summed E-state index contributed by atoms with van der Waals surface area (Å²) in [6, 6.07) is -0.488. The number of hydrogen-bond donors (Lipinski definition) is 3. The Morgan fingerprint density at radius 3 is 2.60 bits per heavy atom. The lowest BCUT2D eigenvalue weighted by Crippen LogP contribution is -2.47. The van der Waals surface area contributed by atoms with E-state index in [-0.39, 0.29) is 23.0 Å². The van der Waals surface area contributed by atoms with Gasteiger partial charge in [-0.05, 0) is 18.3 Å². The van der Waals surface area contributed by atoms with Crippen LogP contribution in [0.3, 0.4) is 0 Å². The summed E-state index contributed by atoms with van der Waals surface area (Å²) in [4.78, 5) is 34.1. The SMILES string of the molecule is O=C(O)CC1(CNC(=O)C2CSC(=O)N2)CCCCC1. The van der Waals surface area contributed by atoms with Crippen molar-refractivity contribution in [3.8, 4) is 0 Å². The van der Waals surface area contributed by atoms with E-state index in [2.05, 4.69) is 10.6 Å². The molecule has 0 radical (unpaired) electrons. The van der Waals surface area contributed by atoms with E-state index in [0.29, 0.717) is 12.3 Å². The second-order valence-electron chi connectivity index (χ2n) is 5.64. The molecule has 0 aromatic rings. The number of hydrogen-bond acceptors (Lipinski definition) is 4. The first-order chi connectivity index (χ1) is 9.51. The Balaban J connectivity index is 1.89. The van der Waals surface area contributed by atoms with Gasteiger partial charge < -0.3 is 15.7 Å². The highest BCUT2D eigenvalue weighted by molar-refractivity contribution is 8.14. The summed E-state index contributed by atoms with van der Waals surface area (Å²) in [7, 11) is 0. The van der Waals surface area contributed by atoms with Crippen molar-refractivity contribution in [3.63, 3.8) is 0 Å². The maximum atomic E-state index is 12.0. The zero-order valence-corrected chi connectivity index (χ0v) is 12.1. The molecular formula is C13H20N2O4S. The molecule has 1 heterocycles. The summed E-state index contributed by atoms with van der Waals surface area (Å²) in [6.07, 6.45) is 4.93. The van der Waals surface area contributed by atoms with Gasteiger partial charge in [-0.25, -0.2) is 0 Å². The predicted molar refractivity (Wildman–Crippen MR) is 75.6 cm³/mol. The Hall–Kier alpha value is -1.24. The van der Waals surface area contributed by atoms with Gasteiger partial charge in [0.15, 0.2) is 0 Å². The zero-order chi connectivity index (χ0) is 14.6. The van der Waals surface area contributed by atoms with Gasteiger partial charge in [0.1, 0.15) is 6.04 Å². The van der Waals surface area contributed by atoms with Crippen molar-refractivity contribution in [2.75, 3.05) is 12.3 Å². The van der Waals surface area contributed by atoms with Crippen molar-refractivity contribution >= 4 is 28.9 Å². The van der Waals surface area contributed by atoms with Crippen LogP contribution in [0.25, 0.3) is 0 Å². The van der Waals surface area contributed by atoms with Gasteiger partial charge in [-0.15, -0.1) is 0 Å². The number of thioether (sulfide) groups is 1. The molecule has 1 atom stereocenters. The molecule has 1 saturated heterocycles. The number of nitrogens with one attached hydrogen (secondary N) is 2. The summed E-state index contributed by atoms with van der Waals surface area (Å²) in [6.45, 7) is 0.384. The summed E-state index contributed by atoms with van der Waals surface area (Å²) in [5.41, 5.74) is -0.324. The highest BCUT2D eigenvalue weighted by Crippen LogP contribution is 2.38. The summed E-state index contributed by atoms with van der Waals surface area (Å²) >= 11 is 1.10. The first kappa shape index (κ1) is 15.2.